The van der Waals surface area contributed by atoms with E-state index in [1.165, 1.54) is 6.21 Å². The standard InChI is InChI=1S/C6H11N/c1-3-6(2)4-5-7/h3,5-7H,1,4H2,2H3/t6-/m1/s1. The van der Waals surface area contributed by atoms with Crippen molar-refractivity contribution in [3.63, 3.8) is 0 Å². The molecule has 0 fully saturated rings. The Morgan fingerprint density at radius 1 is 1.86 bits per heavy atom. The van der Waals surface area contributed by atoms with Crippen LogP contribution in [0.4, 0.5) is 0 Å². The first kappa shape index (κ1) is 6.41. The topological polar surface area (TPSA) is 23.9 Å². The Morgan fingerprint density at radius 2 is 2.43 bits per heavy atom. The lowest BCUT2D eigenvalue weighted by atomic mass is 10.1. The van der Waals surface area contributed by atoms with Gasteiger partial charge in [-0.2, -0.15) is 0 Å². The average molecular weight is 97.2 g/mol. The highest BCUT2D eigenvalue weighted by molar-refractivity contribution is 5.53. The number of rotatable bonds is 3. The van der Waals surface area contributed by atoms with Gasteiger partial charge in [0.15, 0.2) is 0 Å². The zero-order valence-electron chi connectivity index (χ0n) is 4.65. The molecule has 0 rings (SSSR count). The van der Waals surface area contributed by atoms with Crippen molar-refractivity contribution in [3.05, 3.63) is 12.7 Å². The van der Waals surface area contributed by atoms with Crippen LogP contribution in [0.2, 0.25) is 0 Å². The summed E-state index contributed by atoms with van der Waals surface area (Å²) < 4.78 is 0. The maximum atomic E-state index is 6.66. The molecular weight excluding hydrogens is 86.1 g/mol. The number of hydrogen-bond donors (Lipinski definition) is 1. The molecule has 0 saturated carbocycles. The van der Waals surface area contributed by atoms with Crippen molar-refractivity contribution in [2.75, 3.05) is 0 Å². The van der Waals surface area contributed by atoms with Gasteiger partial charge in [-0.1, -0.05) is 13.0 Å². The van der Waals surface area contributed by atoms with Crippen LogP contribution in [0.25, 0.3) is 0 Å². The molecular formula is C6H11N. The van der Waals surface area contributed by atoms with Crippen LogP contribution < -0.4 is 0 Å². The summed E-state index contributed by atoms with van der Waals surface area (Å²) >= 11 is 0. The Labute approximate surface area is 44.6 Å². The Kier molecular flexibility index (Phi) is 3.29. The summed E-state index contributed by atoms with van der Waals surface area (Å²) in [5.41, 5.74) is 0. The van der Waals surface area contributed by atoms with Gasteiger partial charge in [0.2, 0.25) is 0 Å². The fraction of sp³-hybridized carbons (Fsp3) is 0.500. The predicted octanol–water partition coefficient (Wildman–Crippen LogP) is 1.85. The van der Waals surface area contributed by atoms with Crippen molar-refractivity contribution in [2.45, 2.75) is 13.3 Å². The minimum Gasteiger partial charge on any atom is -0.313 e. The van der Waals surface area contributed by atoms with Gasteiger partial charge in [-0.05, 0) is 18.6 Å². The van der Waals surface area contributed by atoms with Crippen molar-refractivity contribution in [3.8, 4) is 0 Å². The maximum Gasteiger partial charge on any atom is -0.00420 e. The summed E-state index contributed by atoms with van der Waals surface area (Å²) in [6.45, 7) is 5.62. The summed E-state index contributed by atoms with van der Waals surface area (Å²) in [5.74, 6) is 0.470. The average Bonchev–Trinajstić information content (AvgIpc) is 1.68. The Balaban J connectivity index is 3.15. The molecule has 0 amide bonds. The van der Waals surface area contributed by atoms with Gasteiger partial charge in [-0.25, -0.2) is 0 Å². The predicted molar refractivity (Wildman–Crippen MR) is 32.8 cm³/mol. The van der Waals surface area contributed by atoms with Crippen LogP contribution in [0, 0.1) is 11.3 Å². The van der Waals surface area contributed by atoms with E-state index in [1.807, 2.05) is 13.0 Å². The van der Waals surface area contributed by atoms with Crippen molar-refractivity contribution < 1.29 is 0 Å². The van der Waals surface area contributed by atoms with E-state index >= 15 is 0 Å². The highest BCUT2D eigenvalue weighted by Gasteiger charge is 1.87. The lowest BCUT2D eigenvalue weighted by Crippen LogP contribution is -1.86. The molecule has 0 aliphatic heterocycles. The lowest BCUT2D eigenvalue weighted by Gasteiger charge is -1.94. The van der Waals surface area contributed by atoms with E-state index < -0.39 is 0 Å². The smallest absolute Gasteiger partial charge is 0.00420 e. The molecule has 0 aliphatic rings. The first-order valence-corrected chi connectivity index (χ1v) is 2.42. The van der Waals surface area contributed by atoms with Crippen molar-refractivity contribution in [1.82, 2.24) is 0 Å². The zero-order chi connectivity index (χ0) is 5.70. The first-order chi connectivity index (χ1) is 3.31. The van der Waals surface area contributed by atoms with Crippen molar-refractivity contribution >= 4 is 6.21 Å². The van der Waals surface area contributed by atoms with E-state index in [9.17, 15) is 0 Å². The van der Waals surface area contributed by atoms with Gasteiger partial charge in [-0.15, -0.1) is 6.58 Å². The fourth-order valence-electron chi connectivity index (χ4n) is 0.282. The van der Waals surface area contributed by atoms with Crippen LogP contribution in [-0.4, -0.2) is 6.21 Å². The molecule has 0 saturated heterocycles. The summed E-state index contributed by atoms with van der Waals surface area (Å²) in [5, 5.41) is 6.66. The molecule has 0 aromatic heterocycles. The molecule has 0 bridgehead atoms. The molecule has 1 heteroatoms. The second kappa shape index (κ2) is 3.59. The third-order valence-corrected chi connectivity index (χ3v) is 0.892. The highest BCUT2D eigenvalue weighted by atomic mass is 14.3. The molecule has 0 spiro atoms. The maximum absolute atomic E-state index is 6.66. The monoisotopic (exact) mass is 97.1 g/mol. The molecule has 1 atom stereocenters. The Hall–Kier alpha value is -0.590. The van der Waals surface area contributed by atoms with Crippen molar-refractivity contribution in [2.24, 2.45) is 5.92 Å². The molecule has 0 aliphatic carbocycles. The number of nitrogens with one attached hydrogen (secondary N) is 1. The molecule has 1 N–H and O–H groups in total. The van der Waals surface area contributed by atoms with Gasteiger partial charge < -0.3 is 5.41 Å². The highest BCUT2D eigenvalue weighted by Crippen LogP contribution is 1.97. The normalized spacial score (nSPS) is 12.7. The Morgan fingerprint density at radius 3 is 2.57 bits per heavy atom. The van der Waals surface area contributed by atoms with E-state index in [1.54, 1.807) is 0 Å². The molecule has 1 nitrogen and oxygen atoms in total. The quantitative estimate of drug-likeness (QED) is 0.410. The number of hydrogen-bond acceptors (Lipinski definition) is 1. The van der Waals surface area contributed by atoms with E-state index in [0.717, 1.165) is 6.42 Å². The zero-order valence-corrected chi connectivity index (χ0v) is 4.65. The second-order valence-corrected chi connectivity index (χ2v) is 1.65. The van der Waals surface area contributed by atoms with Gasteiger partial charge in [0.25, 0.3) is 0 Å². The van der Waals surface area contributed by atoms with E-state index in [2.05, 4.69) is 6.58 Å². The molecule has 0 radical (unpaired) electrons. The van der Waals surface area contributed by atoms with Gasteiger partial charge in [-0.3, -0.25) is 0 Å². The van der Waals surface area contributed by atoms with Gasteiger partial charge in [0.1, 0.15) is 0 Å². The summed E-state index contributed by atoms with van der Waals surface area (Å²) in [7, 11) is 0. The fourth-order valence-corrected chi connectivity index (χ4v) is 0.282. The van der Waals surface area contributed by atoms with Crippen molar-refractivity contribution in [1.29, 1.82) is 5.41 Å². The molecule has 7 heavy (non-hydrogen) atoms. The molecule has 0 unspecified atom stereocenters. The van der Waals surface area contributed by atoms with Crippen LogP contribution in [0.3, 0.4) is 0 Å². The van der Waals surface area contributed by atoms with Crippen LogP contribution in [0.15, 0.2) is 12.7 Å². The third kappa shape index (κ3) is 3.23. The van der Waals surface area contributed by atoms with E-state index in [4.69, 9.17) is 5.41 Å². The summed E-state index contributed by atoms with van der Waals surface area (Å²) in [6.07, 6.45) is 4.08. The first-order valence-electron chi connectivity index (χ1n) is 2.42. The molecule has 0 aromatic carbocycles. The van der Waals surface area contributed by atoms with Crippen LogP contribution in [0.1, 0.15) is 13.3 Å². The van der Waals surface area contributed by atoms with Crippen LogP contribution >= 0.6 is 0 Å². The lowest BCUT2D eigenvalue weighted by molar-refractivity contribution is 0.777. The number of allylic oxidation sites excluding steroid dienone is 1. The largest absolute Gasteiger partial charge is 0.313 e. The summed E-state index contributed by atoms with van der Waals surface area (Å²) in [4.78, 5) is 0. The molecule has 40 valence electrons. The van der Waals surface area contributed by atoms with Crippen LogP contribution in [0.5, 0.6) is 0 Å². The van der Waals surface area contributed by atoms with E-state index in [0.29, 0.717) is 5.92 Å². The summed E-state index contributed by atoms with van der Waals surface area (Å²) in [6, 6.07) is 0. The molecule has 0 heterocycles. The minimum atomic E-state index is 0.470. The molecule has 0 aromatic rings. The SMILES string of the molecule is C=C[C@@H](C)CC=N. The van der Waals surface area contributed by atoms with Crippen LogP contribution in [-0.2, 0) is 0 Å². The van der Waals surface area contributed by atoms with E-state index in [-0.39, 0.29) is 0 Å². The minimum absolute atomic E-state index is 0.470. The second-order valence-electron chi connectivity index (χ2n) is 1.65. The third-order valence-electron chi connectivity index (χ3n) is 0.892. The van der Waals surface area contributed by atoms with Gasteiger partial charge in [0.05, 0.1) is 0 Å². The van der Waals surface area contributed by atoms with Gasteiger partial charge in [0, 0.05) is 0 Å². The van der Waals surface area contributed by atoms with Gasteiger partial charge >= 0.3 is 0 Å². The Bertz CT molecular complexity index is 66.6.